The van der Waals surface area contributed by atoms with E-state index in [9.17, 15) is 9.18 Å². The second kappa shape index (κ2) is 6.50. The predicted molar refractivity (Wildman–Crippen MR) is 67.9 cm³/mol. The Kier molecular flexibility index (Phi) is 5.29. The van der Waals surface area contributed by atoms with Crippen molar-refractivity contribution in [3.63, 3.8) is 0 Å². The van der Waals surface area contributed by atoms with Gasteiger partial charge in [-0.3, -0.25) is 4.79 Å². The van der Waals surface area contributed by atoms with Crippen LogP contribution in [0, 0.1) is 12.7 Å². The van der Waals surface area contributed by atoms with Gasteiger partial charge in [0.25, 0.3) is 0 Å². The molecule has 1 aromatic rings. The smallest absolute Gasteiger partial charge is 0.167 e. The first-order chi connectivity index (χ1) is 8.08. The van der Waals surface area contributed by atoms with Crippen LogP contribution in [-0.4, -0.2) is 30.3 Å². The summed E-state index contributed by atoms with van der Waals surface area (Å²) in [4.78, 5) is 14.0. The third-order valence-corrected chi connectivity index (χ3v) is 2.97. The summed E-state index contributed by atoms with van der Waals surface area (Å²) in [6.45, 7) is 8.50. The molecule has 0 spiro atoms. The summed E-state index contributed by atoms with van der Waals surface area (Å²) in [5.74, 6) is -0.529. The van der Waals surface area contributed by atoms with Crippen LogP contribution in [0.15, 0.2) is 18.2 Å². The Bertz CT molecular complexity index is 386. The van der Waals surface area contributed by atoms with Crippen LogP contribution >= 0.6 is 0 Å². The molecule has 0 radical (unpaired) electrons. The number of carbonyl (C=O) groups excluding carboxylic acids is 1. The van der Waals surface area contributed by atoms with Crippen LogP contribution in [-0.2, 0) is 0 Å². The molecule has 0 atom stereocenters. The third kappa shape index (κ3) is 3.93. The number of hydrogen-bond acceptors (Lipinski definition) is 2. The maximum atomic E-state index is 13.5. The fourth-order valence-corrected chi connectivity index (χ4v) is 1.79. The summed E-state index contributed by atoms with van der Waals surface area (Å²) in [7, 11) is 0. The highest BCUT2D eigenvalue weighted by molar-refractivity contribution is 5.96. The molecule has 0 aromatic heterocycles. The van der Waals surface area contributed by atoms with E-state index < -0.39 is 5.82 Å². The molecule has 0 aliphatic carbocycles. The summed E-state index contributed by atoms with van der Waals surface area (Å²) in [6.07, 6.45) is 0.377. The predicted octanol–water partition coefficient (Wildman–Crippen LogP) is 3.05. The summed E-state index contributed by atoms with van der Waals surface area (Å²) in [5.41, 5.74) is 1.13. The van der Waals surface area contributed by atoms with E-state index in [4.69, 9.17) is 0 Å². The lowest BCUT2D eigenvalue weighted by Gasteiger charge is -2.17. The van der Waals surface area contributed by atoms with Crippen molar-refractivity contribution in [2.75, 3.05) is 19.6 Å². The molecule has 3 heteroatoms. The molecule has 0 aliphatic rings. The molecule has 0 fully saturated rings. The van der Waals surface area contributed by atoms with Gasteiger partial charge in [0.05, 0.1) is 5.56 Å². The zero-order chi connectivity index (χ0) is 12.8. The quantitative estimate of drug-likeness (QED) is 0.709. The van der Waals surface area contributed by atoms with Gasteiger partial charge in [-0.2, -0.15) is 0 Å². The molecule has 1 rings (SSSR count). The minimum absolute atomic E-state index is 0.113. The van der Waals surface area contributed by atoms with Crippen LogP contribution in [0.25, 0.3) is 0 Å². The second-order valence-electron chi connectivity index (χ2n) is 4.18. The van der Waals surface area contributed by atoms with Gasteiger partial charge in [0, 0.05) is 13.0 Å². The standard InChI is InChI=1S/C14H20FNO/c1-4-16(5-2)9-8-14(17)12-10-11(3)6-7-13(12)15/h6-7,10H,4-5,8-9H2,1-3H3. The number of nitrogens with zero attached hydrogens (tertiary/aromatic N) is 1. The Labute approximate surface area is 102 Å². The van der Waals surface area contributed by atoms with E-state index in [1.807, 2.05) is 6.92 Å². The van der Waals surface area contributed by atoms with Gasteiger partial charge in [0.2, 0.25) is 0 Å². The molecule has 94 valence electrons. The number of rotatable bonds is 6. The highest BCUT2D eigenvalue weighted by atomic mass is 19.1. The number of benzene rings is 1. The van der Waals surface area contributed by atoms with Crippen molar-refractivity contribution < 1.29 is 9.18 Å². The topological polar surface area (TPSA) is 20.3 Å². The summed E-state index contributed by atoms with van der Waals surface area (Å²) < 4.78 is 13.5. The van der Waals surface area contributed by atoms with E-state index in [1.54, 1.807) is 12.1 Å². The molecule has 17 heavy (non-hydrogen) atoms. The number of hydrogen-bond donors (Lipinski definition) is 0. The zero-order valence-electron chi connectivity index (χ0n) is 10.8. The third-order valence-electron chi connectivity index (χ3n) is 2.97. The van der Waals surface area contributed by atoms with Gasteiger partial charge >= 0.3 is 0 Å². The molecular weight excluding hydrogens is 217 g/mol. The fraction of sp³-hybridized carbons (Fsp3) is 0.500. The lowest BCUT2D eigenvalue weighted by Crippen LogP contribution is -2.26. The first-order valence-electron chi connectivity index (χ1n) is 6.10. The Morgan fingerprint density at radius 3 is 2.53 bits per heavy atom. The van der Waals surface area contributed by atoms with Gasteiger partial charge in [-0.15, -0.1) is 0 Å². The summed E-state index contributed by atoms with van der Waals surface area (Å²) in [6, 6.07) is 4.66. The number of halogens is 1. The molecule has 0 saturated heterocycles. The Balaban J connectivity index is 2.66. The summed E-state index contributed by atoms with van der Waals surface area (Å²) in [5, 5.41) is 0. The van der Waals surface area contributed by atoms with E-state index in [0.29, 0.717) is 13.0 Å². The first kappa shape index (κ1) is 13.8. The maximum Gasteiger partial charge on any atom is 0.167 e. The largest absolute Gasteiger partial charge is 0.303 e. The monoisotopic (exact) mass is 237 g/mol. The van der Waals surface area contributed by atoms with E-state index >= 15 is 0 Å². The van der Waals surface area contributed by atoms with Crippen molar-refractivity contribution in [3.05, 3.63) is 35.1 Å². The van der Waals surface area contributed by atoms with E-state index in [-0.39, 0.29) is 11.3 Å². The SMILES string of the molecule is CCN(CC)CCC(=O)c1cc(C)ccc1F. The molecule has 0 unspecified atom stereocenters. The maximum absolute atomic E-state index is 13.5. The van der Waals surface area contributed by atoms with Crippen molar-refractivity contribution in [3.8, 4) is 0 Å². The van der Waals surface area contributed by atoms with Crippen LogP contribution in [0.4, 0.5) is 4.39 Å². The molecule has 0 aliphatic heterocycles. The van der Waals surface area contributed by atoms with E-state index in [2.05, 4.69) is 18.7 Å². The minimum atomic E-state index is -0.417. The average Bonchev–Trinajstić information content (AvgIpc) is 2.33. The van der Waals surface area contributed by atoms with Gasteiger partial charge in [0.1, 0.15) is 5.82 Å². The van der Waals surface area contributed by atoms with Gasteiger partial charge in [-0.1, -0.05) is 25.5 Å². The van der Waals surface area contributed by atoms with Crippen molar-refractivity contribution >= 4 is 5.78 Å². The number of carbonyl (C=O) groups is 1. The van der Waals surface area contributed by atoms with E-state index in [0.717, 1.165) is 18.7 Å². The average molecular weight is 237 g/mol. The highest BCUT2D eigenvalue weighted by Crippen LogP contribution is 2.12. The molecule has 0 bridgehead atoms. The molecule has 0 saturated carbocycles. The number of aryl methyl sites for hydroxylation is 1. The normalized spacial score (nSPS) is 10.9. The van der Waals surface area contributed by atoms with Gasteiger partial charge in [-0.05, 0) is 32.1 Å². The lowest BCUT2D eigenvalue weighted by molar-refractivity contribution is 0.0962. The lowest BCUT2D eigenvalue weighted by atomic mass is 10.0. The van der Waals surface area contributed by atoms with Crippen LogP contribution in [0.2, 0.25) is 0 Å². The van der Waals surface area contributed by atoms with Crippen molar-refractivity contribution in [2.24, 2.45) is 0 Å². The van der Waals surface area contributed by atoms with Crippen molar-refractivity contribution in [1.29, 1.82) is 0 Å². The first-order valence-corrected chi connectivity index (χ1v) is 6.10. The van der Waals surface area contributed by atoms with Gasteiger partial charge in [-0.25, -0.2) is 4.39 Å². The number of ketones is 1. The number of Topliss-reactive ketones (excluding diaryl/α,β-unsaturated/α-hetero) is 1. The van der Waals surface area contributed by atoms with Crippen molar-refractivity contribution in [2.45, 2.75) is 27.2 Å². The Hall–Kier alpha value is -1.22. The van der Waals surface area contributed by atoms with Crippen LogP contribution in [0.3, 0.4) is 0 Å². The highest BCUT2D eigenvalue weighted by Gasteiger charge is 2.12. The Morgan fingerprint density at radius 2 is 1.94 bits per heavy atom. The molecule has 0 N–H and O–H groups in total. The molecule has 0 amide bonds. The fourth-order valence-electron chi connectivity index (χ4n) is 1.79. The van der Waals surface area contributed by atoms with Gasteiger partial charge in [0.15, 0.2) is 5.78 Å². The second-order valence-corrected chi connectivity index (χ2v) is 4.18. The molecular formula is C14H20FNO. The van der Waals surface area contributed by atoms with Crippen LogP contribution in [0.5, 0.6) is 0 Å². The molecule has 0 heterocycles. The molecule has 1 aromatic carbocycles. The van der Waals surface area contributed by atoms with Crippen molar-refractivity contribution in [1.82, 2.24) is 4.90 Å². The van der Waals surface area contributed by atoms with Crippen LogP contribution < -0.4 is 0 Å². The summed E-state index contributed by atoms with van der Waals surface area (Å²) >= 11 is 0. The Morgan fingerprint density at radius 1 is 1.29 bits per heavy atom. The van der Waals surface area contributed by atoms with Gasteiger partial charge < -0.3 is 4.90 Å². The van der Waals surface area contributed by atoms with Crippen LogP contribution in [0.1, 0.15) is 36.2 Å². The minimum Gasteiger partial charge on any atom is -0.303 e. The molecule has 2 nitrogen and oxygen atoms in total. The van der Waals surface area contributed by atoms with E-state index in [1.165, 1.54) is 6.07 Å². The zero-order valence-corrected chi connectivity index (χ0v) is 10.8.